The molecule has 15 heavy (non-hydrogen) atoms. The monoisotopic (exact) mass is 272 g/mol. The molecule has 0 heterocycles. The van der Waals surface area contributed by atoms with Crippen molar-refractivity contribution < 1.29 is 9.47 Å². The normalized spacial score (nSPS) is 10.7. The van der Waals surface area contributed by atoms with Crippen LogP contribution >= 0.6 is 15.9 Å². The summed E-state index contributed by atoms with van der Waals surface area (Å²) in [5.41, 5.74) is 0. The number of halogens is 1. The number of rotatable bonds is 6. The minimum Gasteiger partial charge on any atom is -0.490 e. The molecule has 0 atom stereocenters. The maximum Gasteiger partial charge on any atom is 0.133 e. The summed E-state index contributed by atoms with van der Waals surface area (Å²) < 4.78 is 11.9. The van der Waals surface area contributed by atoms with Crippen molar-refractivity contribution in [1.29, 1.82) is 0 Å². The molecule has 0 saturated carbocycles. The molecule has 0 aromatic heterocycles. The molecule has 0 bridgehead atoms. The Kier molecular flexibility index (Phi) is 5.73. The van der Waals surface area contributed by atoms with Crippen LogP contribution in [0.2, 0.25) is 0 Å². The van der Waals surface area contributed by atoms with Gasteiger partial charge in [-0.25, -0.2) is 0 Å². The Bertz CT molecular complexity index is 287. The zero-order valence-corrected chi connectivity index (χ0v) is 10.8. The van der Waals surface area contributed by atoms with Gasteiger partial charge in [0.25, 0.3) is 0 Å². The first-order valence-electron chi connectivity index (χ1n) is 5.15. The Balaban J connectivity index is 2.18. The topological polar surface area (TPSA) is 18.5 Å². The summed E-state index contributed by atoms with van der Waals surface area (Å²) in [5.74, 6) is 1.44. The highest BCUT2D eigenvalue weighted by Gasteiger charge is 1.99. The Morgan fingerprint density at radius 3 is 2.60 bits per heavy atom. The van der Waals surface area contributed by atoms with E-state index in [-0.39, 0.29) is 0 Å². The van der Waals surface area contributed by atoms with E-state index in [9.17, 15) is 0 Å². The zero-order chi connectivity index (χ0) is 11.1. The molecule has 0 aliphatic heterocycles. The molecule has 0 amide bonds. The van der Waals surface area contributed by atoms with E-state index in [2.05, 4.69) is 29.8 Å². The van der Waals surface area contributed by atoms with Crippen LogP contribution in [0, 0.1) is 5.92 Å². The fourth-order valence-corrected chi connectivity index (χ4v) is 1.49. The third kappa shape index (κ3) is 5.19. The van der Waals surface area contributed by atoms with Crippen molar-refractivity contribution in [2.45, 2.75) is 13.8 Å². The third-order valence-electron chi connectivity index (χ3n) is 1.77. The van der Waals surface area contributed by atoms with Crippen LogP contribution in [0.15, 0.2) is 28.7 Å². The predicted octanol–water partition coefficient (Wildman–Crippen LogP) is 3.50. The Morgan fingerprint density at radius 1 is 1.20 bits per heavy atom. The Labute approximate surface area is 99.7 Å². The third-order valence-corrected chi connectivity index (χ3v) is 2.43. The standard InChI is InChI=1S/C12H17BrO2/c1-10(2)9-14-7-8-15-12-6-4-3-5-11(12)13/h3-6,10H,7-9H2,1-2H3. The van der Waals surface area contributed by atoms with Crippen LogP contribution in [-0.2, 0) is 4.74 Å². The van der Waals surface area contributed by atoms with E-state index >= 15 is 0 Å². The number of ether oxygens (including phenoxy) is 2. The number of hydrogen-bond donors (Lipinski definition) is 0. The fourth-order valence-electron chi connectivity index (χ4n) is 1.09. The van der Waals surface area contributed by atoms with Gasteiger partial charge in [-0.3, -0.25) is 0 Å². The summed E-state index contributed by atoms with van der Waals surface area (Å²) in [6.45, 7) is 6.29. The van der Waals surface area contributed by atoms with E-state index in [1.54, 1.807) is 0 Å². The van der Waals surface area contributed by atoms with Crippen molar-refractivity contribution in [3.8, 4) is 5.75 Å². The molecule has 84 valence electrons. The first kappa shape index (κ1) is 12.5. The van der Waals surface area contributed by atoms with Crippen LogP contribution < -0.4 is 4.74 Å². The maximum atomic E-state index is 5.55. The SMILES string of the molecule is CC(C)COCCOc1ccccc1Br. The first-order chi connectivity index (χ1) is 7.20. The van der Waals surface area contributed by atoms with Gasteiger partial charge in [-0.05, 0) is 34.0 Å². The van der Waals surface area contributed by atoms with Crippen LogP contribution in [0.4, 0.5) is 0 Å². The lowest BCUT2D eigenvalue weighted by Gasteiger charge is -2.09. The molecule has 0 N–H and O–H groups in total. The van der Waals surface area contributed by atoms with E-state index in [1.807, 2.05) is 24.3 Å². The summed E-state index contributed by atoms with van der Waals surface area (Å²) in [4.78, 5) is 0. The van der Waals surface area contributed by atoms with Gasteiger partial charge in [-0.1, -0.05) is 26.0 Å². The second-order valence-electron chi connectivity index (χ2n) is 3.75. The maximum absolute atomic E-state index is 5.55. The van der Waals surface area contributed by atoms with E-state index in [0.717, 1.165) is 16.8 Å². The molecule has 0 saturated heterocycles. The van der Waals surface area contributed by atoms with Crippen LogP contribution in [0.1, 0.15) is 13.8 Å². The fraction of sp³-hybridized carbons (Fsp3) is 0.500. The molecular formula is C12H17BrO2. The number of para-hydroxylation sites is 1. The summed E-state index contributed by atoms with van der Waals surface area (Å²) in [7, 11) is 0. The molecule has 0 radical (unpaired) electrons. The smallest absolute Gasteiger partial charge is 0.133 e. The molecule has 3 heteroatoms. The molecular weight excluding hydrogens is 256 g/mol. The van der Waals surface area contributed by atoms with Gasteiger partial charge in [0.1, 0.15) is 12.4 Å². The summed E-state index contributed by atoms with van der Waals surface area (Å²) in [6.07, 6.45) is 0. The largest absolute Gasteiger partial charge is 0.490 e. The lowest BCUT2D eigenvalue weighted by atomic mass is 10.2. The van der Waals surface area contributed by atoms with Crippen molar-refractivity contribution in [3.63, 3.8) is 0 Å². The number of hydrogen-bond acceptors (Lipinski definition) is 2. The molecule has 0 aliphatic carbocycles. The van der Waals surface area contributed by atoms with Crippen LogP contribution in [-0.4, -0.2) is 19.8 Å². The lowest BCUT2D eigenvalue weighted by Crippen LogP contribution is -2.10. The first-order valence-corrected chi connectivity index (χ1v) is 5.94. The minimum atomic E-state index is 0.577. The average molecular weight is 273 g/mol. The number of benzene rings is 1. The second-order valence-corrected chi connectivity index (χ2v) is 4.60. The Hall–Kier alpha value is -0.540. The molecule has 1 aromatic carbocycles. The van der Waals surface area contributed by atoms with Crippen molar-refractivity contribution >= 4 is 15.9 Å². The van der Waals surface area contributed by atoms with Crippen LogP contribution in [0.3, 0.4) is 0 Å². The molecule has 2 nitrogen and oxygen atoms in total. The minimum absolute atomic E-state index is 0.577. The van der Waals surface area contributed by atoms with Crippen molar-refractivity contribution in [3.05, 3.63) is 28.7 Å². The van der Waals surface area contributed by atoms with Gasteiger partial charge in [0, 0.05) is 6.61 Å². The van der Waals surface area contributed by atoms with Gasteiger partial charge in [-0.15, -0.1) is 0 Å². The van der Waals surface area contributed by atoms with Crippen molar-refractivity contribution in [2.24, 2.45) is 5.92 Å². The zero-order valence-electron chi connectivity index (χ0n) is 9.20. The van der Waals surface area contributed by atoms with Crippen molar-refractivity contribution in [2.75, 3.05) is 19.8 Å². The van der Waals surface area contributed by atoms with Gasteiger partial charge in [0.2, 0.25) is 0 Å². The van der Waals surface area contributed by atoms with Gasteiger partial charge in [-0.2, -0.15) is 0 Å². The van der Waals surface area contributed by atoms with Crippen LogP contribution in [0.25, 0.3) is 0 Å². The highest BCUT2D eigenvalue weighted by Crippen LogP contribution is 2.23. The summed E-state index contributed by atoms with van der Waals surface area (Å²) >= 11 is 3.42. The quantitative estimate of drug-likeness (QED) is 0.738. The van der Waals surface area contributed by atoms with Crippen LogP contribution in [0.5, 0.6) is 5.75 Å². The van der Waals surface area contributed by atoms with Gasteiger partial charge in [0.15, 0.2) is 0 Å². The molecule has 0 spiro atoms. The Morgan fingerprint density at radius 2 is 1.93 bits per heavy atom. The van der Waals surface area contributed by atoms with E-state index in [4.69, 9.17) is 9.47 Å². The van der Waals surface area contributed by atoms with Gasteiger partial charge < -0.3 is 9.47 Å². The highest BCUT2D eigenvalue weighted by atomic mass is 79.9. The molecule has 1 aromatic rings. The van der Waals surface area contributed by atoms with E-state index in [0.29, 0.717) is 19.1 Å². The van der Waals surface area contributed by atoms with E-state index < -0.39 is 0 Å². The average Bonchev–Trinajstić information content (AvgIpc) is 2.20. The molecule has 0 aliphatic rings. The van der Waals surface area contributed by atoms with Gasteiger partial charge in [0.05, 0.1) is 11.1 Å². The molecule has 1 rings (SSSR count). The highest BCUT2D eigenvalue weighted by molar-refractivity contribution is 9.10. The summed E-state index contributed by atoms with van der Waals surface area (Å²) in [6, 6.07) is 7.82. The summed E-state index contributed by atoms with van der Waals surface area (Å²) in [5, 5.41) is 0. The lowest BCUT2D eigenvalue weighted by molar-refractivity contribution is 0.0817. The van der Waals surface area contributed by atoms with Crippen molar-refractivity contribution in [1.82, 2.24) is 0 Å². The van der Waals surface area contributed by atoms with Gasteiger partial charge >= 0.3 is 0 Å². The van der Waals surface area contributed by atoms with E-state index in [1.165, 1.54) is 0 Å². The molecule has 0 fully saturated rings. The molecule has 0 unspecified atom stereocenters. The second kappa shape index (κ2) is 6.85. The predicted molar refractivity (Wildman–Crippen MR) is 65.3 cm³/mol.